The molecule has 0 atom stereocenters. The van der Waals surface area contributed by atoms with Crippen molar-refractivity contribution < 1.29 is 14.7 Å². The van der Waals surface area contributed by atoms with Gasteiger partial charge >= 0.3 is 5.97 Å². The van der Waals surface area contributed by atoms with E-state index < -0.39 is 5.97 Å². The van der Waals surface area contributed by atoms with Crippen molar-refractivity contribution in [2.45, 2.75) is 25.7 Å². The molecular weight excluding hydrogens is 216 g/mol. The average Bonchev–Trinajstić information content (AvgIpc) is 2.35. The molecule has 0 aromatic heterocycles. The van der Waals surface area contributed by atoms with Crippen molar-refractivity contribution in [1.29, 1.82) is 0 Å². The quantitative estimate of drug-likeness (QED) is 0.758. The Morgan fingerprint density at radius 2 is 2.00 bits per heavy atom. The van der Waals surface area contributed by atoms with Crippen LogP contribution in [0.3, 0.4) is 0 Å². The summed E-state index contributed by atoms with van der Waals surface area (Å²) in [4.78, 5) is 22.0. The first-order valence-electron chi connectivity index (χ1n) is 5.72. The summed E-state index contributed by atoms with van der Waals surface area (Å²) in [5, 5.41) is 8.47. The number of allylic oxidation sites excluding steroid dienone is 7. The molecule has 2 aliphatic carbocycles. The fourth-order valence-corrected chi connectivity index (χ4v) is 2.12. The summed E-state index contributed by atoms with van der Waals surface area (Å²) in [6.45, 7) is 0. The molecule has 0 amide bonds. The molecule has 0 heterocycles. The molecule has 0 bridgehead atoms. The number of rotatable bonds is 3. The van der Waals surface area contributed by atoms with Gasteiger partial charge in [0.25, 0.3) is 0 Å². The van der Waals surface area contributed by atoms with Crippen LogP contribution in [0, 0.1) is 0 Å². The van der Waals surface area contributed by atoms with Gasteiger partial charge in [0.2, 0.25) is 0 Å². The standard InChI is InChI=1S/C14H14O3/c15-13(7-8-14(16)17)12-6-5-10-3-1-2-4-11(10)9-12/h3,6-9H,1-2,4-5H2,(H,16,17). The molecule has 0 saturated heterocycles. The van der Waals surface area contributed by atoms with Gasteiger partial charge in [-0.25, -0.2) is 4.79 Å². The number of fused-ring (bicyclic) bond motifs is 1. The van der Waals surface area contributed by atoms with Gasteiger partial charge in [0.05, 0.1) is 0 Å². The minimum atomic E-state index is -1.10. The minimum absolute atomic E-state index is 0.232. The van der Waals surface area contributed by atoms with Crippen molar-refractivity contribution in [3.05, 3.63) is 47.1 Å². The topological polar surface area (TPSA) is 54.4 Å². The van der Waals surface area contributed by atoms with Gasteiger partial charge in [0.15, 0.2) is 5.78 Å². The molecule has 0 aromatic carbocycles. The van der Waals surface area contributed by atoms with Crippen LogP contribution in [0.1, 0.15) is 25.7 Å². The Morgan fingerprint density at radius 3 is 2.76 bits per heavy atom. The van der Waals surface area contributed by atoms with Crippen LogP contribution in [0.15, 0.2) is 47.1 Å². The zero-order valence-corrected chi connectivity index (χ0v) is 9.48. The molecule has 0 aliphatic heterocycles. The van der Waals surface area contributed by atoms with Gasteiger partial charge in [0.1, 0.15) is 0 Å². The number of ketones is 1. The molecule has 0 spiro atoms. The molecule has 88 valence electrons. The molecular formula is C14H14O3. The Bertz CT molecular complexity index is 476. The fraction of sp³-hybridized carbons (Fsp3) is 0.286. The Labute approximate surface area is 99.8 Å². The first-order valence-corrected chi connectivity index (χ1v) is 5.72. The lowest BCUT2D eigenvalue weighted by Crippen LogP contribution is -2.06. The highest BCUT2D eigenvalue weighted by atomic mass is 16.4. The number of carbonyl (C=O) groups excluding carboxylic acids is 1. The second-order valence-electron chi connectivity index (χ2n) is 4.19. The van der Waals surface area contributed by atoms with Gasteiger partial charge in [-0.3, -0.25) is 4.79 Å². The van der Waals surface area contributed by atoms with E-state index in [0.717, 1.165) is 37.8 Å². The SMILES string of the molecule is O=C(O)C=CC(=O)C1=CCC2=CCCCC2=C1. The Morgan fingerprint density at radius 1 is 1.18 bits per heavy atom. The van der Waals surface area contributed by atoms with E-state index in [1.165, 1.54) is 11.1 Å². The maximum absolute atomic E-state index is 11.7. The molecule has 2 rings (SSSR count). The third-order valence-electron chi connectivity index (χ3n) is 2.99. The predicted molar refractivity (Wildman–Crippen MR) is 64.5 cm³/mol. The van der Waals surface area contributed by atoms with Crippen molar-refractivity contribution in [1.82, 2.24) is 0 Å². The maximum atomic E-state index is 11.7. The fourth-order valence-electron chi connectivity index (χ4n) is 2.12. The van der Waals surface area contributed by atoms with Gasteiger partial charge in [0, 0.05) is 11.6 Å². The zero-order valence-electron chi connectivity index (χ0n) is 9.48. The Balaban J connectivity index is 2.14. The number of aliphatic carboxylic acids is 1. The van der Waals surface area contributed by atoms with Crippen LogP contribution in [0.4, 0.5) is 0 Å². The largest absolute Gasteiger partial charge is 0.478 e. The highest BCUT2D eigenvalue weighted by molar-refractivity contribution is 6.08. The van der Waals surface area contributed by atoms with Gasteiger partial charge in [-0.05, 0) is 49.0 Å². The third kappa shape index (κ3) is 2.81. The van der Waals surface area contributed by atoms with Crippen molar-refractivity contribution in [2.75, 3.05) is 0 Å². The summed E-state index contributed by atoms with van der Waals surface area (Å²) in [5.74, 6) is -1.33. The molecule has 17 heavy (non-hydrogen) atoms. The number of hydrogen-bond donors (Lipinski definition) is 1. The van der Waals surface area contributed by atoms with Crippen LogP contribution in [-0.2, 0) is 9.59 Å². The second-order valence-corrected chi connectivity index (χ2v) is 4.19. The monoisotopic (exact) mass is 230 g/mol. The number of carboxylic acids is 1. The van der Waals surface area contributed by atoms with E-state index in [4.69, 9.17) is 5.11 Å². The van der Waals surface area contributed by atoms with E-state index in [-0.39, 0.29) is 5.78 Å². The highest BCUT2D eigenvalue weighted by Gasteiger charge is 2.16. The van der Waals surface area contributed by atoms with Crippen molar-refractivity contribution in [3.8, 4) is 0 Å². The molecule has 0 saturated carbocycles. The van der Waals surface area contributed by atoms with Gasteiger partial charge < -0.3 is 5.11 Å². The van der Waals surface area contributed by atoms with E-state index in [9.17, 15) is 9.59 Å². The van der Waals surface area contributed by atoms with Crippen molar-refractivity contribution in [2.24, 2.45) is 0 Å². The molecule has 3 nitrogen and oxygen atoms in total. The first-order chi connectivity index (χ1) is 8.16. The van der Waals surface area contributed by atoms with E-state index in [2.05, 4.69) is 6.08 Å². The Kier molecular flexibility index (Phi) is 3.38. The highest BCUT2D eigenvalue weighted by Crippen LogP contribution is 2.31. The smallest absolute Gasteiger partial charge is 0.328 e. The van der Waals surface area contributed by atoms with Crippen LogP contribution < -0.4 is 0 Å². The van der Waals surface area contributed by atoms with Gasteiger partial charge in [-0.2, -0.15) is 0 Å². The van der Waals surface area contributed by atoms with Crippen LogP contribution in [0.25, 0.3) is 0 Å². The Hall–Kier alpha value is -1.90. The minimum Gasteiger partial charge on any atom is -0.478 e. The van der Waals surface area contributed by atoms with E-state index in [1.54, 1.807) is 0 Å². The molecule has 0 aromatic rings. The summed E-state index contributed by atoms with van der Waals surface area (Å²) in [6, 6.07) is 0. The average molecular weight is 230 g/mol. The normalized spacial score (nSPS) is 19.2. The molecule has 1 N–H and O–H groups in total. The van der Waals surface area contributed by atoms with Gasteiger partial charge in [-0.15, -0.1) is 0 Å². The summed E-state index contributed by atoms with van der Waals surface area (Å²) >= 11 is 0. The second kappa shape index (κ2) is 4.95. The summed E-state index contributed by atoms with van der Waals surface area (Å²) in [7, 11) is 0. The molecule has 0 unspecified atom stereocenters. The van der Waals surface area contributed by atoms with E-state index in [0.29, 0.717) is 5.57 Å². The molecule has 0 fully saturated rings. The van der Waals surface area contributed by atoms with E-state index in [1.807, 2.05) is 12.2 Å². The number of hydrogen-bond acceptors (Lipinski definition) is 2. The third-order valence-corrected chi connectivity index (χ3v) is 2.99. The molecule has 2 aliphatic rings. The van der Waals surface area contributed by atoms with Gasteiger partial charge in [-0.1, -0.05) is 12.2 Å². The first kappa shape index (κ1) is 11.6. The van der Waals surface area contributed by atoms with Crippen LogP contribution in [0.5, 0.6) is 0 Å². The van der Waals surface area contributed by atoms with Crippen molar-refractivity contribution in [3.63, 3.8) is 0 Å². The van der Waals surface area contributed by atoms with Crippen molar-refractivity contribution >= 4 is 11.8 Å². The lowest BCUT2D eigenvalue weighted by Gasteiger charge is -2.20. The number of carboxylic acid groups (broad SMARTS) is 1. The number of carbonyl (C=O) groups is 2. The van der Waals surface area contributed by atoms with E-state index >= 15 is 0 Å². The van der Waals surface area contributed by atoms with Crippen LogP contribution in [-0.4, -0.2) is 16.9 Å². The summed E-state index contributed by atoms with van der Waals surface area (Å²) < 4.78 is 0. The molecule has 0 radical (unpaired) electrons. The van der Waals surface area contributed by atoms with Crippen LogP contribution in [0.2, 0.25) is 0 Å². The lowest BCUT2D eigenvalue weighted by molar-refractivity contribution is -0.131. The zero-order chi connectivity index (χ0) is 12.3. The van der Waals surface area contributed by atoms with Crippen LogP contribution >= 0.6 is 0 Å². The summed E-state index contributed by atoms with van der Waals surface area (Å²) in [5.41, 5.74) is 3.15. The lowest BCUT2D eigenvalue weighted by atomic mass is 9.85. The summed E-state index contributed by atoms with van der Waals surface area (Å²) in [6.07, 6.45) is 12.0. The maximum Gasteiger partial charge on any atom is 0.328 e. The molecule has 3 heteroatoms. The predicted octanol–water partition coefficient (Wildman–Crippen LogP) is 2.56.